The van der Waals surface area contributed by atoms with Gasteiger partial charge in [-0.25, -0.2) is 4.39 Å². The lowest BCUT2D eigenvalue weighted by atomic mass is 10.1. The van der Waals surface area contributed by atoms with Gasteiger partial charge in [0.15, 0.2) is 0 Å². The van der Waals surface area contributed by atoms with Crippen molar-refractivity contribution in [3.05, 3.63) is 79.3 Å². The molecule has 0 aliphatic heterocycles. The Morgan fingerprint density at radius 1 is 1.21 bits per heavy atom. The molecule has 0 aliphatic carbocycles. The Morgan fingerprint density at radius 3 is 2.50 bits per heavy atom. The van der Waals surface area contributed by atoms with Gasteiger partial charge in [-0.2, -0.15) is 0 Å². The number of pyridine rings is 1. The van der Waals surface area contributed by atoms with Gasteiger partial charge in [0, 0.05) is 10.4 Å². The van der Waals surface area contributed by atoms with Gasteiger partial charge in [-0.05, 0) is 35.9 Å². The predicted octanol–water partition coefficient (Wildman–Crippen LogP) is 3.46. The number of hydrogen-bond acceptors (Lipinski definition) is 4. The zero-order valence-electron chi connectivity index (χ0n) is 12.1. The van der Waals surface area contributed by atoms with E-state index in [9.17, 15) is 24.4 Å². The summed E-state index contributed by atoms with van der Waals surface area (Å²) in [6, 6.07) is 9.76. The smallest absolute Gasteiger partial charge is 0.375 e. The lowest BCUT2D eigenvalue weighted by molar-refractivity contribution is -0.387. The van der Waals surface area contributed by atoms with Gasteiger partial charge in [-0.15, -0.1) is 0 Å². The van der Waals surface area contributed by atoms with Crippen LogP contribution in [0, 0.1) is 15.9 Å². The van der Waals surface area contributed by atoms with E-state index >= 15 is 0 Å². The molecule has 2 aromatic carbocycles. The van der Waals surface area contributed by atoms with Gasteiger partial charge < -0.3 is 5.11 Å². The predicted molar refractivity (Wildman–Crippen MR) is 87.0 cm³/mol. The lowest BCUT2D eigenvalue weighted by Crippen LogP contribution is -2.23. The van der Waals surface area contributed by atoms with Gasteiger partial charge in [0.05, 0.1) is 17.0 Å². The molecule has 0 amide bonds. The number of aromatic hydroxyl groups is 1. The molecule has 1 N–H and O–H groups in total. The van der Waals surface area contributed by atoms with E-state index in [1.165, 1.54) is 42.5 Å². The van der Waals surface area contributed by atoms with Crippen LogP contribution < -0.4 is 5.56 Å². The monoisotopic (exact) mass is 348 g/mol. The van der Waals surface area contributed by atoms with Crippen LogP contribution in [0.2, 0.25) is 5.02 Å². The molecule has 1 aromatic heterocycles. The van der Waals surface area contributed by atoms with Crippen LogP contribution in [0.15, 0.2) is 47.3 Å². The molecule has 3 aromatic rings. The topological polar surface area (TPSA) is 85.4 Å². The van der Waals surface area contributed by atoms with E-state index in [4.69, 9.17) is 11.6 Å². The Bertz CT molecular complexity index is 1020. The lowest BCUT2D eigenvalue weighted by Gasteiger charge is -2.12. The number of hydrogen-bond donors (Lipinski definition) is 1. The minimum atomic E-state index is -0.948. The van der Waals surface area contributed by atoms with Crippen molar-refractivity contribution in [2.45, 2.75) is 6.54 Å². The largest absolute Gasteiger partial charge is 0.501 e. The van der Waals surface area contributed by atoms with Crippen molar-refractivity contribution in [3.63, 3.8) is 0 Å². The third kappa shape index (κ3) is 2.69. The number of rotatable bonds is 3. The summed E-state index contributed by atoms with van der Waals surface area (Å²) in [6.07, 6.45) is 0. The van der Waals surface area contributed by atoms with Gasteiger partial charge in [-0.1, -0.05) is 23.7 Å². The van der Waals surface area contributed by atoms with Crippen molar-refractivity contribution in [2.24, 2.45) is 0 Å². The molecule has 0 atom stereocenters. The highest BCUT2D eigenvalue weighted by Crippen LogP contribution is 2.33. The average Bonchev–Trinajstić information content (AvgIpc) is 2.53. The molecular formula is C16H10ClFN2O4. The maximum atomic E-state index is 13.0. The molecule has 24 heavy (non-hydrogen) atoms. The molecule has 0 spiro atoms. The van der Waals surface area contributed by atoms with Crippen molar-refractivity contribution in [1.82, 2.24) is 4.57 Å². The summed E-state index contributed by atoms with van der Waals surface area (Å²) in [4.78, 5) is 22.7. The van der Waals surface area contributed by atoms with Crippen molar-refractivity contribution < 1.29 is 14.4 Å². The molecule has 0 aliphatic rings. The standard InChI is InChI=1S/C16H10ClFN2O4/c17-10-3-6-13-12(7-10)15(21)14(20(23)24)16(22)19(13)8-9-1-4-11(18)5-2-9/h1-7,21H,8H2. The summed E-state index contributed by atoms with van der Waals surface area (Å²) in [5.41, 5.74) is -1.00. The van der Waals surface area contributed by atoms with E-state index in [2.05, 4.69) is 0 Å². The van der Waals surface area contributed by atoms with E-state index < -0.39 is 27.7 Å². The second kappa shape index (κ2) is 5.93. The van der Waals surface area contributed by atoms with Crippen LogP contribution >= 0.6 is 11.6 Å². The summed E-state index contributed by atoms with van der Waals surface area (Å²) in [5, 5.41) is 21.6. The molecule has 0 radical (unpaired) electrons. The number of nitro groups is 1. The van der Waals surface area contributed by atoms with Gasteiger partial charge >= 0.3 is 11.2 Å². The van der Waals surface area contributed by atoms with Crippen molar-refractivity contribution >= 4 is 28.2 Å². The molecule has 0 saturated carbocycles. The molecular weight excluding hydrogens is 339 g/mol. The second-order valence-electron chi connectivity index (χ2n) is 5.13. The molecule has 6 nitrogen and oxygen atoms in total. The van der Waals surface area contributed by atoms with Crippen molar-refractivity contribution in [2.75, 3.05) is 0 Å². The fourth-order valence-corrected chi connectivity index (χ4v) is 2.67. The van der Waals surface area contributed by atoms with Crippen LogP contribution in [0.4, 0.5) is 10.1 Å². The number of aromatic nitrogens is 1. The molecule has 0 bridgehead atoms. The van der Waals surface area contributed by atoms with Crippen LogP contribution in [0.3, 0.4) is 0 Å². The molecule has 122 valence electrons. The second-order valence-corrected chi connectivity index (χ2v) is 5.57. The Hall–Kier alpha value is -2.93. The molecule has 0 saturated heterocycles. The maximum absolute atomic E-state index is 13.0. The highest BCUT2D eigenvalue weighted by atomic mass is 35.5. The first-order valence-electron chi connectivity index (χ1n) is 6.82. The Kier molecular flexibility index (Phi) is 3.94. The van der Waals surface area contributed by atoms with E-state index in [0.717, 1.165) is 4.57 Å². The van der Waals surface area contributed by atoms with Crippen LogP contribution in [-0.4, -0.2) is 14.6 Å². The first-order valence-corrected chi connectivity index (χ1v) is 7.20. The summed E-state index contributed by atoms with van der Waals surface area (Å²) in [5.74, 6) is -1.16. The van der Waals surface area contributed by atoms with Crippen LogP contribution in [0.5, 0.6) is 5.75 Å². The molecule has 0 fully saturated rings. The SMILES string of the molecule is O=c1c([N+](=O)[O-])c(O)c2cc(Cl)ccc2n1Cc1ccc(F)cc1. The Balaban J connectivity index is 2.31. The van der Waals surface area contributed by atoms with E-state index in [1.807, 2.05) is 0 Å². The molecule has 8 heteroatoms. The normalized spacial score (nSPS) is 10.9. The molecule has 0 unspecified atom stereocenters. The first kappa shape index (κ1) is 15.9. The van der Waals surface area contributed by atoms with Crippen molar-refractivity contribution in [1.29, 1.82) is 0 Å². The number of fused-ring (bicyclic) bond motifs is 1. The van der Waals surface area contributed by atoms with E-state index in [-0.39, 0.29) is 22.5 Å². The zero-order chi connectivity index (χ0) is 17.4. The summed E-state index contributed by atoms with van der Waals surface area (Å²) >= 11 is 5.88. The fourth-order valence-electron chi connectivity index (χ4n) is 2.49. The molecule has 3 rings (SSSR count). The minimum absolute atomic E-state index is 0.0155. The first-order chi connectivity index (χ1) is 11.4. The highest BCUT2D eigenvalue weighted by molar-refractivity contribution is 6.31. The quantitative estimate of drug-likeness (QED) is 0.580. The number of nitrogens with zero attached hydrogens (tertiary/aromatic N) is 2. The van der Waals surface area contributed by atoms with Crippen LogP contribution in [0.25, 0.3) is 10.9 Å². The fraction of sp³-hybridized carbons (Fsp3) is 0.0625. The summed E-state index contributed by atoms with van der Waals surface area (Å²) in [6.45, 7) is -0.0155. The maximum Gasteiger partial charge on any atom is 0.375 e. The van der Waals surface area contributed by atoms with E-state index in [0.29, 0.717) is 5.56 Å². The Morgan fingerprint density at radius 2 is 1.88 bits per heavy atom. The minimum Gasteiger partial charge on any atom is -0.501 e. The average molecular weight is 349 g/mol. The number of benzene rings is 2. The third-order valence-electron chi connectivity index (χ3n) is 3.61. The third-order valence-corrected chi connectivity index (χ3v) is 3.85. The zero-order valence-corrected chi connectivity index (χ0v) is 12.8. The van der Waals surface area contributed by atoms with Gasteiger partial charge in [0.25, 0.3) is 0 Å². The van der Waals surface area contributed by atoms with Gasteiger partial charge in [0.1, 0.15) is 5.82 Å². The van der Waals surface area contributed by atoms with Gasteiger partial charge in [0.2, 0.25) is 5.75 Å². The van der Waals surface area contributed by atoms with Gasteiger partial charge in [-0.3, -0.25) is 19.5 Å². The van der Waals surface area contributed by atoms with Crippen molar-refractivity contribution in [3.8, 4) is 5.75 Å². The highest BCUT2D eigenvalue weighted by Gasteiger charge is 2.25. The summed E-state index contributed by atoms with van der Waals surface area (Å²) in [7, 11) is 0. The van der Waals surface area contributed by atoms with Crippen LogP contribution in [0.1, 0.15) is 5.56 Å². The molecule has 1 heterocycles. The van der Waals surface area contributed by atoms with Crippen LogP contribution in [-0.2, 0) is 6.54 Å². The number of halogens is 2. The van der Waals surface area contributed by atoms with E-state index in [1.54, 1.807) is 0 Å². The Labute approximate surface area is 139 Å². The summed E-state index contributed by atoms with van der Waals surface area (Å²) < 4.78 is 14.2.